The van der Waals surface area contributed by atoms with Crippen LogP contribution in [0.1, 0.15) is 64.6 Å². The van der Waals surface area contributed by atoms with Gasteiger partial charge in [0.1, 0.15) is 5.83 Å². The van der Waals surface area contributed by atoms with Crippen LogP contribution in [0.3, 0.4) is 0 Å². The molecule has 0 unspecified atom stereocenters. The average Bonchev–Trinajstić information content (AvgIpc) is 3.23. The van der Waals surface area contributed by atoms with Crippen LogP contribution in [0.15, 0.2) is 29.7 Å². The third-order valence-electron chi connectivity index (χ3n) is 5.49. The highest BCUT2D eigenvalue weighted by atomic mass is 19.1. The van der Waals surface area contributed by atoms with Crippen LogP contribution in [0.5, 0.6) is 0 Å². The van der Waals surface area contributed by atoms with Crippen molar-refractivity contribution in [3.05, 3.63) is 41.0 Å². The van der Waals surface area contributed by atoms with Gasteiger partial charge in [-0.1, -0.05) is 18.6 Å². The molecule has 2 aliphatic rings. The molecule has 0 spiro atoms. The summed E-state index contributed by atoms with van der Waals surface area (Å²) in [5.41, 5.74) is 15.0. The van der Waals surface area contributed by atoms with Gasteiger partial charge in [0.2, 0.25) is 0 Å². The second-order valence-electron chi connectivity index (χ2n) is 8.91. The first-order chi connectivity index (χ1) is 13.6. The molecule has 5 N–H and O–H groups in total. The number of hydrogen-bond acceptors (Lipinski definition) is 5. The highest BCUT2D eigenvalue weighted by molar-refractivity contribution is 5.23. The van der Waals surface area contributed by atoms with Crippen molar-refractivity contribution in [1.82, 2.24) is 14.7 Å². The minimum atomic E-state index is -0.759. The molecule has 0 saturated carbocycles. The van der Waals surface area contributed by atoms with E-state index in [1.54, 1.807) is 19.9 Å². The van der Waals surface area contributed by atoms with E-state index in [2.05, 4.69) is 16.9 Å². The Hall–Kier alpha value is -1.54. The fourth-order valence-corrected chi connectivity index (χ4v) is 3.62. The average molecular weight is 408 g/mol. The molecule has 0 saturated heterocycles. The smallest absolute Gasteiger partial charge is 0.100 e. The maximum Gasteiger partial charge on any atom is 0.100 e. The van der Waals surface area contributed by atoms with Crippen LogP contribution in [-0.2, 0) is 19.6 Å². The van der Waals surface area contributed by atoms with Gasteiger partial charge in [0.15, 0.2) is 0 Å². The lowest BCUT2D eigenvalue weighted by molar-refractivity contribution is 0.0559. The van der Waals surface area contributed by atoms with Crippen molar-refractivity contribution >= 4 is 0 Å². The van der Waals surface area contributed by atoms with Crippen molar-refractivity contribution in [2.24, 2.45) is 11.5 Å². The molecule has 3 rings (SSSR count). The summed E-state index contributed by atoms with van der Waals surface area (Å²) in [6.45, 7) is 10.6. The van der Waals surface area contributed by atoms with Gasteiger partial charge in [-0.2, -0.15) is 5.10 Å². The molecule has 2 heterocycles. The fraction of sp³-hybridized carbons (Fsp3) is 0.682. The zero-order valence-electron chi connectivity index (χ0n) is 18.4. The van der Waals surface area contributed by atoms with Crippen LogP contribution >= 0.6 is 0 Å². The fourth-order valence-electron chi connectivity index (χ4n) is 3.62. The minimum Gasteiger partial charge on any atom is -0.389 e. The molecule has 0 bridgehead atoms. The molecule has 6 nitrogen and oxygen atoms in total. The first kappa shape index (κ1) is 23.7. The molecule has 1 aliphatic carbocycles. The van der Waals surface area contributed by atoms with Crippen molar-refractivity contribution in [2.45, 2.75) is 90.7 Å². The van der Waals surface area contributed by atoms with E-state index in [9.17, 15) is 9.50 Å². The maximum absolute atomic E-state index is 12.2. The topological polar surface area (TPSA) is 93.3 Å². The number of nitrogens with zero attached hydrogens (tertiary/aromatic N) is 3. The van der Waals surface area contributed by atoms with E-state index in [0.29, 0.717) is 25.6 Å². The molecule has 1 aromatic rings. The van der Waals surface area contributed by atoms with Crippen molar-refractivity contribution in [3.8, 4) is 0 Å². The lowest BCUT2D eigenvalue weighted by Crippen LogP contribution is -2.41. The van der Waals surface area contributed by atoms with Crippen LogP contribution in [0.4, 0.5) is 4.39 Å². The van der Waals surface area contributed by atoms with Gasteiger partial charge in [0.05, 0.1) is 24.0 Å². The molecule has 7 heteroatoms. The molecule has 2 atom stereocenters. The molecular formula is C22H38FN5O. The molecule has 0 amide bonds. The Bertz CT molecular complexity index is 701. The summed E-state index contributed by atoms with van der Waals surface area (Å²) in [5, 5.41) is 14.4. The van der Waals surface area contributed by atoms with Crippen LogP contribution in [0, 0.1) is 0 Å². The molecule has 1 aromatic heterocycles. The predicted octanol–water partition coefficient (Wildman–Crippen LogP) is 3.00. The van der Waals surface area contributed by atoms with E-state index in [0.717, 1.165) is 32.4 Å². The summed E-state index contributed by atoms with van der Waals surface area (Å²) < 4.78 is 14.1. The van der Waals surface area contributed by atoms with Crippen LogP contribution in [-0.4, -0.2) is 44.0 Å². The quantitative estimate of drug-likeness (QED) is 0.646. The van der Waals surface area contributed by atoms with Crippen LogP contribution in [0.25, 0.3) is 0 Å². The number of nitrogens with two attached hydrogens (primary N) is 2. The van der Waals surface area contributed by atoms with E-state index in [1.165, 1.54) is 16.8 Å². The van der Waals surface area contributed by atoms with Gasteiger partial charge < -0.3 is 16.6 Å². The van der Waals surface area contributed by atoms with Crippen molar-refractivity contribution in [1.29, 1.82) is 0 Å². The van der Waals surface area contributed by atoms with Gasteiger partial charge in [-0.3, -0.25) is 9.58 Å². The maximum atomic E-state index is 12.2. The summed E-state index contributed by atoms with van der Waals surface area (Å²) in [6, 6.07) is 0.512. The van der Waals surface area contributed by atoms with Gasteiger partial charge in [0, 0.05) is 43.7 Å². The van der Waals surface area contributed by atoms with E-state index in [-0.39, 0.29) is 11.9 Å². The zero-order chi connectivity index (χ0) is 21.6. The van der Waals surface area contributed by atoms with E-state index in [1.807, 2.05) is 23.9 Å². The zero-order valence-corrected chi connectivity index (χ0v) is 18.4. The Morgan fingerprint density at radius 1 is 1.28 bits per heavy atom. The second kappa shape index (κ2) is 10.5. The van der Waals surface area contributed by atoms with E-state index in [4.69, 9.17) is 11.5 Å². The number of rotatable bonds is 7. The van der Waals surface area contributed by atoms with Crippen LogP contribution < -0.4 is 11.5 Å². The predicted molar refractivity (Wildman–Crippen MR) is 116 cm³/mol. The van der Waals surface area contributed by atoms with Crippen molar-refractivity contribution in [3.63, 3.8) is 0 Å². The van der Waals surface area contributed by atoms with Gasteiger partial charge >= 0.3 is 0 Å². The summed E-state index contributed by atoms with van der Waals surface area (Å²) >= 11 is 0. The van der Waals surface area contributed by atoms with Crippen molar-refractivity contribution in [2.75, 3.05) is 6.54 Å². The third-order valence-corrected chi connectivity index (χ3v) is 5.49. The first-order valence-corrected chi connectivity index (χ1v) is 10.6. The highest BCUT2D eigenvalue weighted by Gasteiger charge is 2.30. The summed E-state index contributed by atoms with van der Waals surface area (Å²) in [4.78, 5) is 2.38. The number of hydrogen-bond donors (Lipinski definition) is 3. The van der Waals surface area contributed by atoms with Gasteiger partial charge in [-0.05, 0) is 46.1 Å². The Morgan fingerprint density at radius 2 is 2.00 bits per heavy atom. The second-order valence-corrected chi connectivity index (χ2v) is 8.91. The molecule has 164 valence electrons. The molecule has 0 fully saturated rings. The summed E-state index contributed by atoms with van der Waals surface area (Å²) in [5.74, 6) is 0.00981. The standard InChI is InChI=1S/C15H29N5O.C7H9F/c1-4-12(17)5-13(6-16)19-8-11-7-18-20(14(11)9-19)10-15(2,3)21;1-6-2-4-7(8)5-3-6/h7,12-13,21H,4-6,8-10,16-17H2,1-3H3;2,4H,3,5H2,1H3/t12-,13-;/m1./s1. The van der Waals surface area contributed by atoms with Crippen LogP contribution in [0.2, 0.25) is 0 Å². The van der Waals surface area contributed by atoms with Gasteiger partial charge in [-0.15, -0.1) is 0 Å². The first-order valence-electron chi connectivity index (χ1n) is 10.6. The lowest BCUT2D eigenvalue weighted by atomic mass is 10.0. The monoisotopic (exact) mass is 407 g/mol. The summed E-state index contributed by atoms with van der Waals surface area (Å²) in [6.07, 6.45) is 8.68. The number of allylic oxidation sites excluding steroid dienone is 4. The van der Waals surface area contributed by atoms with E-state index < -0.39 is 5.60 Å². The summed E-state index contributed by atoms with van der Waals surface area (Å²) in [7, 11) is 0. The molecule has 0 radical (unpaired) electrons. The molecule has 1 aliphatic heterocycles. The molecular weight excluding hydrogens is 369 g/mol. The van der Waals surface area contributed by atoms with Gasteiger partial charge in [0.25, 0.3) is 0 Å². The number of aromatic nitrogens is 2. The van der Waals surface area contributed by atoms with E-state index >= 15 is 0 Å². The normalized spacial score (nSPS) is 19.0. The number of aliphatic hydroxyl groups is 1. The molecule has 0 aromatic carbocycles. The Balaban J connectivity index is 0.000000313. The lowest BCUT2D eigenvalue weighted by Gasteiger charge is -2.28. The number of fused-ring (bicyclic) bond motifs is 1. The largest absolute Gasteiger partial charge is 0.389 e. The minimum absolute atomic E-state index is 0.00981. The van der Waals surface area contributed by atoms with Crippen molar-refractivity contribution < 1.29 is 9.50 Å². The Morgan fingerprint density at radius 3 is 2.52 bits per heavy atom. The Labute approximate surface area is 174 Å². The Kier molecular flexibility index (Phi) is 8.58. The number of halogens is 1. The SMILES string of the molecule is CC1=CC=C(F)CC1.CC[C@@H](N)C[C@H](CN)N1Cc2cnn(CC(C)(C)O)c2C1. The third kappa shape index (κ3) is 7.33. The highest BCUT2D eigenvalue weighted by Crippen LogP contribution is 2.26. The molecule has 29 heavy (non-hydrogen) atoms. The van der Waals surface area contributed by atoms with Gasteiger partial charge in [-0.25, -0.2) is 4.39 Å².